The van der Waals surface area contributed by atoms with Crippen LogP contribution in [0.15, 0.2) is 64.9 Å². The van der Waals surface area contributed by atoms with Crippen LogP contribution in [0.3, 0.4) is 0 Å². The van der Waals surface area contributed by atoms with E-state index in [4.69, 9.17) is 4.74 Å². The zero-order valence-corrected chi connectivity index (χ0v) is 16.5. The maximum Gasteiger partial charge on any atom is 0.240 e. The first-order valence-corrected chi connectivity index (χ1v) is 11.0. The Hall–Kier alpha value is -2.35. The van der Waals surface area contributed by atoms with Gasteiger partial charge in [0.2, 0.25) is 10.0 Å². The number of benzene rings is 2. The van der Waals surface area contributed by atoms with E-state index in [1.54, 1.807) is 29.5 Å². The van der Waals surface area contributed by atoms with Crippen LogP contribution in [0.4, 0.5) is 5.69 Å². The predicted octanol–water partition coefficient (Wildman–Crippen LogP) is 3.72. The highest BCUT2D eigenvalue weighted by atomic mass is 32.2. The van der Waals surface area contributed by atoms with Crippen molar-refractivity contribution in [2.75, 3.05) is 25.1 Å². The summed E-state index contributed by atoms with van der Waals surface area (Å²) in [6.45, 7) is 1.59. The number of rotatable bonds is 5. The molecule has 0 amide bonds. The minimum absolute atomic E-state index is 0.244. The van der Waals surface area contributed by atoms with Gasteiger partial charge in [-0.05, 0) is 40.8 Å². The zero-order valence-electron chi connectivity index (χ0n) is 14.9. The van der Waals surface area contributed by atoms with Gasteiger partial charge in [-0.2, -0.15) is 0 Å². The third-order valence-electron chi connectivity index (χ3n) is 4.56. The molecule has 5 nitrogen and oxygen atoms in total. The first-order valence-electron chi connectivity index (χ1n) is 8.63. The number of likely N-dealkylation sites (N-methyl/N-ethyl adjacent to an activating group) is 1. The summed E-state index contributed by atoms with van der Waals surface area (Å²) < 4.78 is 33.6. The van der Waals surface area contributed by atoms with Crippen LogP contribution >= 0.6 is 11.3 Å². The number of ether oxygens (including phenoxy) is 1. The van der Waals surface area contributed by atoms with Crippen LogP contribution in [0.25, 0.3) is 10.4 Å². The van der Waals surface area contributed by atoms with Crippen molar-refractivity contribution in [3.63, 3.8) is 0 Å². The summed E-state index contributed by atoms with van der Waals surface area (Å²) >= 11 is 1.68. The van der Waals surface area contributed by atoms with Crippen LogP contribution in [-0.2, 0) is 16.6 Å². The first-order chi connectivity index (χ1) is 13.0. The van der Waals surface area contributed by atoms with E-state index in [-0.39, 0.29) is 11.4 Å². The number of fused-ring (bicyclic) bond motifs is 1. The Kier molecular flexibility index (Phi) is 4.90. The average Bonchev–Trinajstić information content (AvgIpc) is 3.22. The van der Waals surface area contributed by atoms with Gasteiger partial charge in [-0.15, -0.1) is 11.3 Å². The number of sulfonamides is 1. The number of thiophene rings is 1. The molecule has 0 aliphatic carbocycles. The number of nitrogens with zero attached hydrogens (tertiary/aromatic N) is 1. The highest BCUT2D eigenvalue weighted by Gasteiger charge is 2.20. The molecular formula is C20H20N2O3S2. The Balaban J connectivity index is 1.48. The molecule has 1 aliphatic heterocycles. The van der Waals surface area contributed by atoms with Crippen molar-refractivity contribution in [3.05, 3.63) is 65.5 Å². The molecule has 0 unspecified atom stereocenters. The van der Waals surface area contributed by atoms with E-state index in [2.05, 4.69) is 10.8 Å². The van der Waals surface area contributed by atoms with E-state index >= 15 is 0 Å². The van der Waals surface area contributed by atoms with Gasteiger partial charge in [0, 0.05) is 18.5 Å². The molecule has 1 aliphatic rings. The lowest BCUT2D eigenvalue weighted by Gasteiger charge is -2.28. The monoisotopic (exact) mass is 400 g/mol. The molecule has 0 saturated carbocycles. The Morgan fingerprint density at radius 1 is 1.15 bits per heavy atom. The topological polar surface area (TPSA) is 58.6 Å². The number of nitrogens with one attached hydrogen (secondary N) is 1. The third kappa shape index (κ3) is 3.85. The highest BCUT2D eigenvalue weighted by molar-refractivity contribution is 7.89. The summed E-state index contributed by atoms with van der Waals surface area (Å²) in [5.74, 6) is 0.715. The van der Waals surface area contributed by atoms with Crippen molar-refractivity contribution in [1.29, 1.82) is 0 Å². The van der Waals surface area contributed by atoms with Crippen LogP contribution in [-0.4, -0.2) is 28.6 Å². The predicted molar refractivity (Wildman–Crippen MR) is 109 cm³/mol. The molecule has 0 bridgehead atoms. The van der Waals surface area contributed by atoms with Gasteiger partial charge in [0.25, 0.3) is 0 Å². The Labute approximate surface area is 163 Å². The van der Waals surface area contributed by atoms with Crippen LogP contribution in [0.5, 0.6) is 5.75 Å². The van der Waals surface area contributed by atoms with Gasteiger partial charge >= 0.3 is 0 Å². The smallest absolute Gasteiger partial charge is 0.240 e. The molecule has 27 heavy (non-hydrogen) atoms. The van der Waals surface area contributed by atoms with E-state index in [1.807, 2.05) is 47.7 Å². The summed E-state index contributed by atoms with van der Waals surface area (Å²) in [5, 5.41) is 2.04. The van der Waals surface area contributed by atoms with Gasteiger partial charge in [0.1, 0.15) is 12.4 Å². The highest BCUT2D eigenvalue weighted by Crippen LogP contribution is 2.32. The molecule has 0 radical (unpaired) electrons. The molecule has 0 fully saturated rings. The summed E-state index contributed by atoms with van der Waals surface area (Å²) in [5.41, 5.74) is 2.84. The van der Waals surface area contributed by atoms with E-state index in [0.29, 0.717) is 12.4 Å². The van der Waals surface area contributed by atoms with E-state index in [1.165, 1.54) is 4.88 Å². The molecule has 0 saturated heterocycles. The fraction of sp³-hybridized carbons (Fsp3) is 0.200. The maximum absolute atomic E-state index is 12.7. The van der Waals surface area contributed by atoms with Gasteiger partial charge in [-0.25, -0.2) is 13.1 Å². The van der Waals surface area contributed by atoms with Crippen molar-refractivity contribution in [3.8, 4) is 16.2 Å². The normalized spacial score (nSPS) is 13.9. The summed E-state index contributed by atoms with van der Waals surface area (Å²) in [7, 11) is -1.67. The van der Waals surface area contributed by atoms with Crippen molar-refractivity contribution in [2.45, 2.75) is 11.4 Å². The van der Waals surface area contributed by atoms with Crippen molar-refractivity contribution < 1.29 is 13.2 Å². The SMILES string of the molecule is CN1CCOc2ccc(S(=O)(=O)NCc3ccc(-c4cccs4)cc3)cc21. The van der Waals surface area contributed by atoms with Crippen LogP contribution in [0, 0.1) is 0 Å². The molecule has 7 heteroatoms. The molecule has 4 rings (SSSR count). The second-order valence-corrected chi connectivity index (χ2v) is 9.11. The second-order valence-electron chi connectivity index (χ2n) is 6.40. The van der Waals surface area contributed by atoms with Gasteiger partial charge in [-0.1, -0.05) is 30.3 Å². The van der Waals surface area contributed by atoms with Gasteiger partial charge in [0.15, 0.2) is 0 Å². The third-order valence-corrected chi connectivity index (χ3v) is 6.88. The Bertz CT molecular complexity index is 1030. The minimum Gasteiger partial charge on any atom is -0.490 e. The first kappa shape index (κ1) is 18.0. The van der Waals surface area contributed by atoms with Crippen molar-refractivity contribution in [1.82, 2.24) is 4.72 Å². The number of hydrogen-bond donors (Lipinski definition) is 1. The van der Waals surface area contributed by atoms with E-state index in [0.717, 1.165) is 23.4 Å². The van der Waals surface area contributed by atoms with Crippen molar-refractivity contribution >= 4 is 27.0 Å². The Morgan fingerprint density at radius 2 is 1.96 bits per heavy atom. The molecule has 2 heterocycles. The lowest BCUT2D eigenvalue weighted by Crippen LogP contribution is -2.29. The standard InChI is InChI=1S/C20H20N2O3S2/c1-22-10-11-25-19-9-8-17(13-18(19)22)27(23,24)21-14-15-4-6-16(7-5-15)20-3-2-12-26-20/h2-9,12-13,21H,10-11,14H2,1H3. The second kappa shape index (κ2) is 7.34. The largest absolute Gasteiger partial charge is 0.490 e. The maximum atomic E-state index is 12.7. The van der Waals surface area contributed by atoms with Gasteiger partial charge < -0.3 is 9.64 Å². The van der Waals surface area contributed by atoms with Crippen LogP contribution in [0.2, 0.25) is 0 Å². The average molecular weight is 401 g/mol. The summed E-state index contributed by atoms with van der Waals surface area (Å²) in [6, 6.07) is 17.0. The van der Waals surface area contributed by atoms with Gasteiger partial charge in [-0.3, -0.25) is 0 Å². The molecule has 2 aromatic carbocycles. The van der Waals surface area contributed by atoms with Crippen LogP contribution in [0.1, 0.15) is 5.56 Å². The van der Waals surface area contributed by atoms with Gasteiger partial charge in [0.05, 0.1) is 17.1 Å². The molecule has 0 spiro atoms. The fourth-order valence-corrected chi connectivity index (χ4v) is 4.76. The van der Waals surface area contributed by atoms with Crippen molar-refractivity contribution in [2.24, 2.45) is 0 Å². The van der Waals surface area contributed by atoms with E-state index < -0.39 is 10.0 Å². The zero-order chi connectivity index (χ0) is 18.9. The lowest BCUT2D eigenvalue weighted by atomic mass is 10.1. The summed E-state index contributed by atoms with van der Waals surface area (Å²) in [4.78, 5) is 3.44. The molecular weight excluding hydrogens is 380 g/mol. The molecule has 0 atom stereocenters. The quantitative estimate of drug-likeness (QED) is 0.709. The molecule has 1 aromatic heterocycles. The van der Waals surface area contributed by atoms with Crippen LogP contribution < -0.4 is 14.4 Å². The minimum atomic E-state index is -3.60. The summed E-state index contributed by atoms with van der Waals surface area (Å²) in [6.07, 6.45) is 0. The van der Waals surface area contributed by atoms with E-state index in [9.17, 15) is 8.42 Å². The Morgan fingerprint density at radius 3 is 2.70 bits per heavy atom. The fourth-order valence-electron chi connectivity index (χ4n) is 2.99. The molecule has 3 aromatic rings. The molecule has 1 N–H and O–H groups in total. The molecule has 140 valence electrons. The lowest BCUT2D eigenvalue weighted by molar-refractivity contribution is 0.311. The number of hydrogen-bond acceptors (Lipinski definition) is 5. The number of anilines is 1.